The second kappa shape index (κ2) is 5.46. The Morgan fingerprint density at radius 1 is 1.71 bits per heavy atom. The van der Waals surface area contributed by atoms with Crippen LogP contribution >= 0.6 is 15.9 Å². The fraction of sp³-hybridized carbons (Fsp3) is 0.364. The average Bonchev–Trinajstić information content (AvgIpc) is 2.24. The SMILES string of the molecule is COc1c(C(N)CC(=O)O)cc(Br)c(F)c1C. The molecular formula is C11H13BrFNO3. The lowest BCUT2D eigenvalue weighted by Crippen LogP contribution is -2.16. The number of ether oxygens (including phenoxy) is 1. The van der Waals surface area contributed by atoms with Gasteiger partial charge in [0.1, 0.15) is 11.6 Å². The molecule has 1 unspecified atom stereocenters. The van der Waals surface area contributed by atoms with E-state index in [0.29, 0.717) is 16.9 Å². The molecule has 3 N–H and O–H groups in total. The van der Waals surface area contributed by atoms with Gasteiger partial charge in [-0.25, -0.2) is 4.39 Å². The van der Waals surface area contributed by atoms with Gasteiger partial charge in [-0.05, 0) is 28.9 Å². The van der Waals surface area contributed by atoms with Gasteiger partial charge in [0.25, 0.3) is 0 Å². The van der Waals surface area contributed by atoms with Gasteiger partial charge < -0.3 is 15.6 Å². The minimum absolute atomic E-state index is 0.242. The first-order chi connectivity index (χ1) is 7.88. The van der Waals surface area contributed by atoms with Crippen LogP contribution in [0.4, 0.5) is 4.39 Å². The third kappa shape index (κ3) is 2.95. The molecule has 0 fully saturated rings. The zero-order valence-corrected chi connectivity index (χ0v) is 11.0. The molecule has 1 aromatic rings. The van der Waals surface area contributed by atoms with Crippen LogP contribution in [0.1, 0.15) is 23.6 Å². The van der Waals surface area contributed by atoms with Crippen LogP contribution in [0.15, 0.2) is 10.5 Å². The van der Waals surface area contributed by atoms with E-state index < -0.39 is 17.8 Å². The maximum Gasteiger partial charge on any atom is 0.305 e. The van der Waals surface area contributed by atoms with E-state index in [4.69, 9.17) is 15.6 Å². The third-order valence-electron chi connectivity index (χ3n) is 2.42. The van der Waals surface area contributed by atoms with Crippen LogP contribution in [-0.2, 0) is 4.79 Å². The Balaban J connectivity index is 3.27. The van der Waals surface area contributed by atoms with Crippen LogP contribution in [0.5, 0.6) is 5.75 Å². The van der Waals surface area contributed by atoms with E-state index in [1.165, 1.54) is 13.2 Å². The van der Waals surface area contributed by atoms with Crippen LogP contribution < -0.4 is 10.5 Å². The van der Waals surface area contributed by atoms with E-state index in [0.717, 1.165) is 0 Å². The van der Waals surface area contributed by atoms with Gasteiger partial charge in [0.05, 0.1) is 18.0 Å². The standard InChI is InChI=1S/C11H13BrFNO3/c1-5-10(13)7(12)3-6(11(5)17-2)8(14)4-9(15)16/h3,8H,4,14H2,1-2H3,(H,15,16). The van der Waals surface area contributed by atoms with E-state index in [1.54, 1.807) is 6.92 Å². The zero-order valence-electron chi connectivity index (χ0n) is 9.46. The Kier molecular flexibility index (Phi) is 4.47. The van der Waals surface area contributed by atoms with Crippen LogP contribution in [0, 0.1) is 12.7 Å². The van der Waals surface area contributed by atoms with Crippen LogP contribution in [0.2, 0.25) is 0 Å². The van der Waals surface area contributed by atoms with Gasteiger partial charge in [-0.1, -0.05) is 0 Å². The summed E-state index contributed by atoms with van der Waals surface area (Å²) in [5.74, 6) is -1.16. The Morgan fingerprint density at radius 2 is 2.29 bits per heavy atom. The Hall–Kier alpha value is -1.14. The molecule has 0 bridgehead atoms. The molecule has 6 heteroatoms. The summed E-state index contributed by atoms with van der Waals surface area (Å²) in [4.78, 5) is 10.6. The second-order valence-electron chi connectivity index (χ2n) is 3.62. The molecule has 1 aromatic carbocycles. The highest BCUT2D eigenvalue weighted by molar-refractivity contribution is 9.10. The molecular weight excluding hydrogens is 293 g/mol. The summed E-state index contributed by atoms with van der Waals surface area (Å²) in [5, 5.41) is 8.70. The number of nitrogens with two attached hydrogens (primary N) is 1. The van der Waals surface area contributed by atoms with Crippen molar-refractivity contribution in [1.82, 2.24) is 0 Å². The number of hydrogen-bond acceptors (Lipinski definition) is 3. The quantitative estimate of drug-likeness (QED) is 0.896. The summed E-state index contributed by atoms with van der Waals surface area (Å²) in [7, 11) is 1.40. The van der Waals surface area contributed by atoms with Crippen molar-refractivity contribution in [2.75, 3.05) is 7.11 Å². The molecule has 0 saturated carbocycles. The van der Waals surface area contributed by atoms with Crippen molar-refractivity contribution in [2.24, 2.45) is 5.73 Å². The predicted octanol–water partition coefficient (Wildman–Crippen LogP) is 2.38. The first-order valence-corrected chi connectivity index (χ1v) is 5.67. The summed E-state index contributed by atoms with van der Waals surface area (Å²) in [6.07, 6.45) is -0.242. The van der Waals surface area contributed by atoms with Crippen LogP contribution in [0.3, 0.4) is 0 Å². The average molecular weight is 306 g/mol. The number of carboxylic acid groups (broad SMARTS) is 1. The van der Waals surface area contributed by atoms with E-state index in [9.17, 15) is 9.18 Å². The molecule has 17 heavy (non-hydrogen) atoms. The molecule has 0 aliphatic carbocycles. The number of methoxy groups -OCH3 is 1. The number of halogens is 2. The van der Waals surface area contributed by atoms with Crippen molar-refractivity contribution in [1.29, 1.82) is 0 Å². The number of carbonyl (C=O) groups is 1. The summed E-state index contributed by atoms with van der Waals surface area (Å²) in [5.41, 5.74) is 6.53. The molecule has 0 heterocycles. The van der Waals surface area contributed by atoms with Crippen molar-refractivity contribution < 1.29 is 19.0 Å². The summed E-state index contributed by atoms with van der Waals surface area (Å²) in [6.45, 7) is 1.55. The topological polar surface area (TPSA) is 72.5 Å². The van der Waals surface area contributed by atoms with Crippen molar-refractivity contribution in [3.63, 3.8) is 0 Å². The first-order valence-electron chi connectivity index (χ1n) is 4.88. The first kappa shape index (κ1) is 13.9. The van der Waals surface area contributed by atoms with E-state index in [-0.39, 0.29) is 10.9 Å². The monoisotopic (exact) mass is 305 g/mol. The maximum atomic E-state index is 13.6. The Morgan fingerprint density at radius 3 is 2.76 bits per heavy atom. The molecule has 0 aliphatic heterocycles. The van der Waals surface area contributed by atoms with Gasteiger partial charge in [0.15, 0.2) is 0 Å². The molecule has 4 nitrogen and oxygen atoms in total. The van der Waals surface area contributed by atoms with Gasteiger partial charge in [-0.15, -0.1) is 0 Å². The largest absolute Gasteiger partial charge is 0.496 e. The van der Waals surface area contributed by atoms with E-state index in [1.807, 2.05) is 0 Å². The molecule has 0 amide bonds. The van der Waals surface area contributed by atoms with Gasteiger partial charge in [-0.3, -0.25) is 4.79 Å². The van der Waals surface area contributed by atoms with E-state index >= 15 is 0 Å². The highest BCUT2D eigenvalue weighted by Gasteiger charge is 2.20. The van der Waals surface area contributed by atoms with Crippen molar-refractivity contribution in [2.45, 2.75) is 19.4 Å². The highest BCUT2D eigenvalue weighted by atomic mass is 79.9. The van der Waals surface area contributed by atoms with E-state index in [2.05, 4.69) is 15.9 Å². The lowest BCUT2D eigenvalue weighted by molar-refractivity contribution is -0.137. The summed E-state index contributed by atoms with van der Waals surface area (Å²) >= 11 is 3.06. The Labute approximate surface area is 107 Å². The fourth-order valence-electron chi connectivity index (χ4n) is 1.61. The molecule has 0 saturated heterocycles. The minimum atomic E-state index is -1.02. The zero-order chi connectivity index (χ0) is 13.2. The van der Waals surface area contributed by atoms with Crippen molar-refractivity contribution in [3.8, 4) is 5.75 Å². The van der Waals surface area contributed by atoms with Gasteiger partial charge in [-0.2, -0.15) is 0 Å². The van der Waals surface area contributed by atoms with Gasteiger partial charge in [0, 0.05) is 17.2 Å². The van der Waals surface area contributed by atoms with Crippen LogP contribution in [-0.4, -0.2) is 18.2 Å². The normalized spacial score (nSPS) is 12.3. The fourth-order valence-corrected chi connectivity index (χ4v) is 2.15. The minimum Gasteiger partial charge on any atom is -0.496 e. The lowest BCUT2D eigenvalue weighted by Gasteiger charge is -2.17. The number of benzene rings is 1. The third-order valence-corrected chi connectivity index (χ3v) is 3.00. The number of rotatable bonds is 4. The number of carboxylic acids is 1. The molecule has 94 valence electrons. The molecule has 0 aromatic heterocycles. The Bertz CT molecular complexity index is 451. The lowest BCUT2D eigenvalue weighted by atomic mass is 10.0. The maximum absolute atomic E-state index is 13.6. The van der Waals surface area contributed by atoms with Gasteiger partial charge >= 0.3 is 5.97 Å². The number of aliphatic carboxylic acids is 1. The predicted molar refractivity (Wildman–Crippen MR) is 64.6 cm³/mol. The molecule has 1 rings (SSSR count). The van der Waals surface area contributed by atoms with Crippen molar-refractivity contribution in [3.05, 3.63) is 27.5 Å². The summed E-state index contributed by atoms with van der Waals surface area (Å²) in [6, 6.07) is 0.715. The molecule has 0 spiro atoms. The smallest absolute Gasteiger partial charge is 0.305 e. The molecule has 0 aliphatic rings. The molecule has 0 radical (unpaired) electrons. The van der Waals surface area contributed by atoms with Crippen molar-refractivity contribution >= 4 is 21.9 Å². The highest BCUT2D eigenvalue weighted by Crippen LogP contribution is 2.35. The van der Waals surface area contributed by atoms with Crippen LogP contribution in [0.25, 0.3) is 0 Å². The van der Waals surface area contributed by atoms with Gasteiger partial charge in [0.2, 0.25) is 0 Å². The second-order valence-corrected chi connectivity index (χ2v) is 4.48. The number of hydrogen-bond donors (Lipinski definition) is 2. The molecule has 1 atom stereocenters. The summed E-state index contributed by atoms with van der Waals surface area (Å²) < 4.78 is 18.9.